The molecule has 0 aromatic heterocycles. The largest absolute Gasteiger partial charge is 0.456 e. The lowest BCUT2D eigenvalue weighted by atomic mass is 10.1. The Morgan fingerprint density at radius 2 is 1.78 bits per heavy atom. The molecule has 1 rings (SSSR count). The van der Waals surface area contributed by atoms with E-state index < -0.39 is 23.0 Å². The monoisotopic (exact) mass is 312 g/mol. The summed E-state index contributed by atoms with van der Waals surface area (Å²) in [6, 6.07) is 8.25. The molecular formula is C16H13FN4O2. The van der Waals surface area contributed by atoms with Crippen LogP contribution in [0.3, 0.4) is 0 Å². The van der Waals surface area contributed by atoms with Gasteiger partial charge in [-0.2, -0.15) is 15.8 Å². The van der Waals surface area contributed by atoms with Gasteiger partial charge < -0.3 is 10.1 Å². The molecule has 0 aliphatic rings. The number of allylic oxidation sites excluding steroid dienone is 2. The first-order valence-electron chi connectivity index (χ1n) is 6.46. The van der Waals surface area contributed by atoms with Crippen molar-refractivity contribution in [2.24, 2.45) is 0 Å². The second-order valence-electron chi connectivity index (χ2n) is 5.41. The number of ether oxygens (including phenoxy) is 1. The summed E-state index contributed by atoms with van der Waals surface area (Å²) in [5, 5.41) is 29.0. The number of benzene rings is 1. The van der Waals surface area contributed by atoms with Crippen molar-refractivity contribution in [2.75, 3.05) is 5.32 Å². The van der Waals surface area contributed by atoms with Crippen LogP contribution >= 0.6 is 0 Å². The zero-order valence-electron chi connectivity index (χ0n) is 12.8. The van der Waals surface area contributed by atoms with Gasteiger partial charge in [-0.05, 0) is 39.0 Å². The molecule has 23 heavy (non-hydrogen) atoms. The molecule has 0 spiro atoms. The Bertz CT molecular complexity index is 770. The van der Waals surface area contributed by atoms with Crippen LogP contribution in [0.25, 0.3) is 0 Å². The van der Waals surface area contributed by atoms with E-state index >= 15 is 0 Å². The molecule has 116 valence electrons. The number of carbonyl (C=O) groups is 1. The van der Waals surface area contributed by atoms with Gasteiger partial charge in [0.15, 0.2) is 5.57 Å². The predicted octanol–water partition coefficient (Wildman–Crippen LogP) is 3.02. The third-order valence-corrected chi connectivity index (χ3v) is 2.44. The molecule has 0 saturated carbocycles. The Labute approximate surface area is 133 Å². The van der Waals surface area contributed by atoms with Gasteiger partial charge in [-0.1, -0.05) is 0 Å². The van der Waals surface area contributed by atoms with Crippen LogP contribution in [0.1, 0.15) is 31.1 Å². The van der Waals surface area contributed by atoms with Gasteiger partial charge >= 0.3 is 5.97 Å². The molecule has 0 aliphatic carbocycles. The van der Waals surface area contributed by atoms with Gasteiger partial charge in [0.05, 0.1) is 5.56 Å². The maximum atomic E-state index is 13.8. The van der Waals surface area contributed by atoms with Crippen LogP contribution in [0, 0.1) is 39.8 Å². The lowest BCUT2D eigenvalue weighted by molar-refractivity contribution is 0.00648. The highest BCUT2D eigenvalue weighted by atomic mass is 19.1. The summed E-state index contributed by atoms with van der Waals surface area (Å²) in [6.07, 6.45) is 0. The van der Waals surface area contributed by atoms with Crippen molar-refractivity contribution in [3.63, 3.8) is 0 Å². The van der Waals surface area contributed by atoms with Crippen molar-refractivity contribution < 1.29 is 13.9 Å². The fourth-order valence-electron chi connectivity index (χ4n) is 1.52. The second kappa shape index (κ2) is 7.06. The molecule has 1 aromatic rings. The average Bonchev–Trinajstić information content (AvgIpc) is 2.47. The molecule has 0 aliphatic heterocycles. The molecule has 0 saturated heterocycles. The standard InChI is InChI=1S/C16H13FN4O2/c1-16(2,3)23-15(22)12-6-11(4-5-13(12)17)21-14(9-20)10(7-18)8-19/h4-6,21H,1-3H3. The van der Waals surface area contributed by atoms with E-state index in [2.05, 4.69) is 5.32 Å². The van der Waals surface area contributed by atoms with Crippen molar-refractivity contribution in [3.05, 3.63) is 40.8 Å². The number of nitriles is 3. The molecule has 7 heteroatoms. The van der Waals surface area contributed by atoms with E-state index in [0.717, 1.165) is 12.1 Å². The van der Waals surface area contributed by atoms with Crippen molar-refractivity contribution in [1.82, 2.24) is 0 Å². The summed E-state index contributed by atoms with van der Waals surface area (Å²) in [5.74, 6) is -1.64. The molecule has 0 heterocycles. The van der Waals surface area contributed by atoms with Gasteiger partial charge in [-0.3, -0.25) is 0 Å². The Morgan fingerprint density at radius 1 is 1.17 bits per heavy atom. The predicted molar refractivity (Wildman–Crippen MR) is 79.1 cm³/mol. The van der Waals surface area contributed by atoms with Crippen LogP contribution in [0.2, 0.25) is 0 Å². The number of hydrogen-bond acceptors (Lipinski definition) is 6. The lowest BCUT2D eigenvalue weighted by Crippen LogP contribution is -2.24. The summed E-state index contributed by atoms with van der Waals surface area (Å²) >= 11 is 0. The Morgan fingerprint density at radius 3 is 2.26 bits per heavy atom. The van der Waals surface area contributed by atoms with Crippen LogP contribution in [0.5, 0.6) is 0 Å². The Kier molecular flexibility index (Phi) is 5.43. The highest BCUT2D eigenvalue weighted by molar-refractivity contribution is 5.91. The van der Waals surface area contributed by atoms with Gasteiger partial charge in [-0.15, -0.1) is 0 Å². The molecule has 0 amide bonds. The van der Waals surface area contributed by atoms with Crippen LogP contribution in [0.4, 0.5) is 10.1 Å². The number of halogens is 1. The average molecular weight is 312 g/mol. The third kappa shape index (κ3) is 4.84. The van der Waals surface area contributed by atoms with E-state index in [1.165, 1.54) is 6.07 Å². The molecule has 0 unspecified atom stereocenters. The lowest BCUT2D eigenvalue weighted by Gasteiger charge is -2.20. The SMILES string of the molecule is CC(C)(C)OC(=O)c1cc(NC(C#N)=C(C#N)C#N)ccc1F. The first-order valence-corrected chi connectivity index (χ1v) is 6.46. The molecule has 1 aromatic carbocycles. The van der Waals surface area contributed by atoms with Crippen molar-refractivity contribution in [3.8, 4) is 18.2 Å². The van der Waals surface area contributed by atoms with Crippen LogP contribution < -0.4 is 5.32 Å². The zero-order valence-corrected chi connectivity index (χ0v) is 12.8. The summed E-state index contributed by atoms with van der Waals surface area (Å²) in [6.45, 7) is 4.94. The van der Waals surface area contributed by atoms with Crippen LogP contribution in [0.15, 0.2) is 29.5 Å². The van der Waals surface area contributed by atoms with Gasteiger partial charge in [0.2, 0.25) is 0 Å². The fraction of sp³-hybridized carbons (Fsp3) is 0.250. The minimum Gasteiger partial charge on any atom is -0.456 e. The van der Waals surface area contributed by atoms with E-state index in [0.29, 0.717) is 0 Å². The van der Waals surface area contributed by atoms with E-state index in [9.17, 15) is 9.18 Å². The van der Waals surface area contributed by atoms with Crippen molar-refractivity contribution in [1.29, 1.82) is 15.8 Å². The highest BCUT2D eigenvalue weighted by Gasteiger charge is 2.21. The summed E-state index contributed by atoms with van der Waals surface area (Å²) in [5.41, 5.74) is -1.66. The molecule has 6 nitrogen and oxygen atoms in total. The third-order valence-electron chi connectivity index (χ3n) is 2.44. The normalized spacial score (nSPS) is 9.78. The van der Waals surface area contributed by atoms with Gasteiger partial charge in [0.25, 0.3) is 0 Å². The summed E-state index contributed by atoms with van der Waals surface area (Å²) in [4.78, 5) is 12.0. The molecule has 1 N–H and O–H groups in total. The first kappa shape index (κ1) is 17.7. The molecule has 0 atom stereocenters. The number of anilines is 1. The van der Waals surface area contributed by atoms with Crippen LogP contribution in [-0.4, -0.2) is 11.6 Å². The maximum absolute atomic E-state index is 13.8. The molecule has 0 fully saturated rings. The molecule has 0 radical (unpaired) electrons. The smallest absolute Gasteiger partial charge is 0.341 e. The van der Waals surface area contributed by atoms with Gasteiger partial charge in [0.1, 0.15) is 35.3 Å². The number of rotatable bonds is 3. The Hall–Kier alpha value is -3.37. The van der Waals surface area contributed by atoms with E-state index in [-0.39, 0.29) is 16.9 Å². The van der Waals surface area contributed by atoms with Gasteiger partial charge in [0, 0.05) is 5.69 Å². The topological polar surface area (TPSA) is 110 Å². The number of esters is 1. The number of carbonyl (C=O) groups excluding carboxylic acids is 1. The minimum atomic E-state index is -0.859. The van der Waals surface area contributed by atoms with E-state index in [1.807, 2.05) is 0 Å². The minimum absolute atomic E-state index is 0.173. The number of nitrogens with one attached hydrogen (secondary N) is 1. The first-order chi connectivity index (χ1) is 10.7. The highest BCUT2D eigenvalue weighted by Crippen LogP contribution is 2.20. The van der Waals surface area contributed by atoms with E-state index in [1.54, 1.807) is 39.0 Å². The second-order valence-corrected chi connectivity index (χ2v) is 5.41. The zero-order chi connectivity index (χ0) is 17.6. The van der Waals surface area contributed by atoms with Crippen molar-refractivity contribution >= 4 is 11.7 Å². The fourth-order valence-corrected chi connectivity index (χ4v) is 1.52. The van der Waals surface area contributed by atoms with E-state index in [4.69, 9.17) is 20.5 Å². The Balaban J connectivity index is 3.20. The molecule has 0 bridgehead atoms. The quantitative estimate of drug-likeness (QED) is 0.678. The number of nitrogens with zero attached hydrogens (tertiary/aromatic N) is 3. The maximum Gasteiger partial charge on any atom is 0.341 e. The summed E-state index contributed by atoms with van der Waals surface area (Å²) < 4.78 is 18.9. The summed E-state index contributed by atoms with van der Waals surface area (Å²) in [7, 11) is 0. The molecular weight excluding hydrogens is 299 g/mol. The van der Waals surface area contributed by atoms with Crippen LogP contribution in [-0.2, 0) is 4.74 Å². The van der Waals surface area contributed by atoms with Gasteiger partial charge in [-0.25, -0.2) is 9.18 Å². The number of hydrogen-bond donors (Lipinski definition) is 1. The van der Waals surface area contributed by atoms with Crippen molar-refractivity contribution in [2.45, 2.75) is 26.4 Å².